The first-order chi connectivity index (χ1) is 16.6. The minimum atomic E-state index is -0.0893. The van der Waals surface area contributed by atoms with Crippen molar-refractivity contribution in [3.05, 3.63) is 52.8 Å². The topological polar surface area (TPSA) is 86.1 Å². The van der Waals surface area contributed by atoms with Gasteiger partial charge >= 0.3 is 0 Å². The number of anilines is 1. The highest BCUT2D eigenvalue weighted by Gasteiger charge is 2.26. The van der Waals surface area contributed by atoms with Gasteiger partial charge in [-0.05, 0) is 24.6 Å². The van der Waals surface area contributed by atoms with Crippen LogP contribution in [0, 0.1) is 0 Å². The lowest BCUT2D eigenvalue weighted by Gasteiger charge is -2.36. The number of rotatable bonds is 6. The molecule has 0 saturated carbocycles. The Hall–Kier alpha value is -3.75. The first-order valence-corrected chi connectivity index (χ1v) is 11.7. The van der Waals surface area contributed by atoms with Crippen molar-refractivity contribution in [2.24, 2.45) is 0 Å². The van der Waals surface area contributed by atoms with Gasteiger partial charge in [-0.15, -0.1) is 0 Å². The Kier molecular flexibility index (Phi) is 6.24. The standard InChI is InChI=1S/C25H28N4O5/c1-2-8-29-24(31)19-15-21-22(33-14-13-32-21)16-20(19)26-25(29)28-11-9-27(10-12-28)23(30)17-34-18-6-4-3-5-7-18/h3-7,15-16H,2,8-14,17H2,1H3. The van der Waals surface area contributed by atoms with Gasteiger partial charge in [0.05, 0.1) is 10.9 Å². The minimum Gasteiger partial charge on any atom is -0.486 e. The van der Waals surface area contributed by atoms with Gasteiger partial charge in [0.1, 0.15) is 19.0 Å². The van der Waals surface area contributed by atoms with E-state index in [1.54, 1.807) is 21.6 Å². The molecule has 178 valence electrons. The molecule has 0 unspecified atom stereocenters. The second-order valence-electron chi connectivity index (χ2n) is 8.35. The number of nitrogens with zero attached hydrogens (tertiary/aromatic N) is 4. The maximum absolute atomic E-state index is 13.4. The van der Waals surface area contributed by atoms with E-state index >= 15 is 0 Å². The quantitative estimate of drug-likeness (QED) is 0.553. The Morgan fingerprint density at radius 2 is 1.74 bits per heavy atom. The van der Waals surface area contributed by atoms with Crippen LogP contribution in [0.4, 0.5) is 5.95 Å². The Morgan fingerprint density at radius 1 is 1.03 bits per heavy atom. The maximum Gasteiger partial charge on any atom is 0.262 e. The van der Waals surface area contributed by atoms with Crippen LogP contribution in [0.1, 0.15) is 13.3 Å². The molecule has 1 fully saturated rings. The van der Waals surface area contributed by atoms with Crippen LogP contribution < -0.4 is 24.7 Å². The van der Waals surface area contributed by atoms with E-state index in [-0.39, 0.29) is 18.1 Å². The number of piperazine rings is 1. The van der Waals surface area contributed by atoms with Crippen LogP contribution in [0.2, 0.25) is 0 Å². The van der Waals surface area contributed by atoms with Gasteiger partial charge in [-0.2, -0.15) is 0 Å². The van der Waals surface area contributed by atoms with Gasteiger partial charge in [0.15, 0.2) is 18.1 Å². The number of carbonyl (C=O) groups is 1. The van der Waals surface area contributed by atoms with Crippen molar-refractivity contribution in [3.63, 3.8) is 0 Å². The molecule has 0 atom stereocenters. The Bertz CT molecular complexity index is 1240. The fraction of sp³-hybridized carbons (Fsp3) is 0.400. The smallest absolute Gasteiger partial charge is 0.262 e. The molecule has 1 amide bonds. The molecule has 9 heteroatoms. The second kappa shape index (κ2) is 9.62. The molecule has 0 aliphatic carbocycles. The second-order valence-corrected chi connectivity index (χ2v) is 8.35. The summed E-state index contributed by atoms with van der Waals surface area (Å²) in [6, 6.07) is 12.8. The van der Waals surface area contributed by atoms with Crippen molar-refractivity contribution in [2.75, 3.05) is 50.9 Å². The van der Waals surface area contributed by atoms with Gasteiger partial charge in [-0.1, -0.05) is 25.1 Å². The summed E-state index contributed by atoms with van der Waals surface area (Å²) >= 11 is 0. The maximum atomic E-state index is 13.4. The fourth-order valence-electron chi connectivity index (χ4n) is 4.32. The number of aromatic nitrogens is 2. The van der Waals surface area contributed by atoms with Crippen LogP contribution in [0.25, 0.3) is 10.9 Å². The summed E-state index contributed by atoms with van der Waals surface area (Å²) in [5.41, 5.74) is 0.500. The van der Waals surface area contributed by atoms with Crippen LogP contribution in [-0.2, 0) is 11.3 Å². The van der Waals surface area contributed by atoms with Gasteiger partial charge in [0.25, 0.3) is 11.5 Å². The molecule has 9 nitrogen and oxygen atoms in total. The number of fused-ring (bicyclic) bond motifs is 2. The highest BCUT2D eigenvalue weighted by Crippen LogP contribution is 2.33. The zero-order chi connectivity index (χ0) is 23.5. The molecule has 0 bridgehead atoms. The number of benzene rings is 2. The summed E-state index contributed by atoms with van der Waals surface area (Å²) in [6.07, 6.45) is 0.805. The monoisotopic (exact) mass is 464 g/mol. The molecule has 0 N–H and O–H groups in total. The summed E-state index contributed by atoms with van der Waals surface area (Å²) in [5.74, 6) is 2.44. The predicted octanol–water partition coefficient (Wildman–Crippen LogP) is 2.31. The third-order valence-electron chi connectivity index (χ3n) is 6.07. The van der Waals surface area contributed by atoms with Gasteiger partial charge in [-0.25, -0.2) is 4.98 Å². The van der Waals surface area contributed by atoms with Crippen LogP contribution >= 0.6 is 0 Å². The average Bonchev–Trinajstić information content (AvgIpc) is 2.88. The molecule has 34 heavy (non-hydrogen) atoms. The van der Waals surface area contributed by atoms with E-state index in [1.807, 2.05) is 37.3 Å². The van der Waals surface area contributed by atoms with Crippen molar-refractivity contribution < 1.29 is 19.0 Å². The first kappa shape index (κ1) is 22.1. The zero-order valence-corrected chi connectivity index (χ0v) is 19.2. The summed E-state index contributed by atoms with van der Waals surface area (Å²) in [5, 5.41) is 0.522. The molecule has 0 radical (unpaired) electrons. The number of hydrogen-bond donors (Lipinski definition) is 0. The molecule has 3 aromatic rings. The van der Waals surface area contributed by atoms with Crippen molar-refractivity contribution in [2.45, 2.75) is 19.9 Å². The highest BCUT2D eigenvalue weighted by molar-refractivity contribution is 5.83. The van der Waals surface area contributed by atoms with Crippen molar-refractivity contribution >= 4 is 22.8 Å². The Labute approximate surface area is 197 Å². The minimum absolute atomic E-state index is 0.00591. The first-order valence-electron chi connectivity index (χ1n) is 11.7. The van der Waals surface area contributed by atoms with E-state index in [1.165, 1.54) is 0 Å². The van der Waals surface area contributed by atoms with Gasteiger partial charge in [0, 0.05) is 38.8 Å². The van der Waals surface area contributed by atoms with E-state index < -0.39 is 0 Å². The molecule has 2 aromatic carbocycles. The van der Waals surface area contributed by atoms with Crippen LogP contribution in [-0.4, -0.2) is 66.4 Å². The van der Waals surface area contributed by atoms with E-state index in [4.69, 9.17) is 19.2 Å². The number of ether oxygens (including phenoxy) is 3. The lowest BCUT2D eigenvalue weighted by molar-refractivity contribution is -0.133. The summed E-state index contributed by atoms with van der Waals surface area (Å²) in [6.45, 7) is 5.80. The van der Waals surface area contributed by atoms with E-state index in [2.05, 4.69) is 4.90 Å². The van der Waals surface area contributed by atoms with E-state index in [9.17, 15) is 9.59 Å². The van der Waals surface area contributed by atoms with Crippen LogP contribution in [0.5, 0.6) is 17.2 Å². The molecule has 0 spiro atoms. The normalized spacial score (nSPS) is 15.4. The summed E-state index contributed by atoms with van der Waals surface area (Å²) in [4.78, 5) is 34.7. The Balaban J connectivity index is 1.34. The van der Waals surface area contributed by atoms with Gasteiger partial charge in [-0.3, -0.25) is 14.2 Å². The number of amides is 1. The zero-order valence-electron chi connectivity index (χ0n) is 19.2. The summed E-state index contributed by atoms with van der Waals surface area (Å²) < 4.78 is 18.7. The van der Waals surface area contributed by atoms with Gasteiger partial charge in [0.2, 0.25) is 5.95 Å². The third-order valence-corrected chi connectivity index (χ3v) is 6.07. The van der Waals surface area contributed by atoms with Crippen molar-refractivity contribution in [1.29, 1.82) is 0 Å². The third kappa shape index (κ3) is 4.37. The average molecular weight is 465 g/mol. The Morgan fingerprint density at radius 3 is 2.44 bits per heavy atom. The molecular formula is C25H28N4O5. The molecule has 5 rings (SSSR count). The van der Waals surface area contributed by atoms with Crippen LogP contribution in [0.3, 0.4) is 0 Å². The fourth-order valence-corrected chi connectivity index (χ4v) is 4.32. The number of hydrogen-bond acceptors (Lipinski definition) is 7. The van der Waals surface area contributed by atoms with E-state index in [0.29, 0.717) is 80.0 Å². The van der Waals surface area contributed by atoms with Crippen molar-refractivity contribution in [1.82, 2.24) is 14.5 Å². The lowest BCUT2D eigenvalue weighted by atomic mass is 10.2. The highest BCUT2D eigenvalue weighted by atomic mass is 16.6. The number of para-hydroxylation sites is 1. The predicted molar refractivity (Wildman–Crippen MR) is 128 cm³/mol. The van der Waals surface area contributed by atoms with Gasteiger partial charge < -0.3 is 24.0 Å². The van der Waals surface area contributed by atoms with E-state index in [0.717, 1.165) is 6.42 Å². The molecule has 1 aromatic heterocycles. The summed E-state index contributed by atoms with van der Waals surface area (Å²) in [7, 11) is 0. The molecule has 1 saturated heterocycles. The molecule has 3 heterocycles. The number of carbonyl (C=O) groups excluding carboxylic acids is 1. The molecule has 2 aliphatic rings. The SMILES string of the molecule is CCCn1c(N2CCN(C(=O)COc3ccccc3)CC2)nc2cc3c(cc2c1=O)OCCO3. The molecular weight excluding hydrogens is 436 g/mol. The van der Waals surface area contributed by atoms with Crippen molar-refractivity contribution in [3.8, 4) is 17.2 Å². The molecule has 2 aliphatic heterocycles. The largest absolute Gasteiger partial charge is 0.486 e. The van der Waals surface area contributed by atoms with Crippen LogP contribution in [0.15, 0.2) is 47.3 Å². The lowest BCUT2D eigenvalue weighted by Crippen LogP contribution is -2.51.